The first kappa shape index (κ1) is 15.1. The van der Waals surface area contributed by atoms with E-state index in [9.17, 15) is 0 Å². The molecule has 25 heavy (non-hydrogen) atoms. The van der Waals surface area contributed by atoms with Crippen molar-refractivity contribution >= 4 is 28.0 Å². The lowest BCUT2D eigenvalue weighted by Crippen LogP contribution is -2.36. The summed E-state index contributed by atoms with van der Waals surface area (Å²) in [5.41, 5.74) is 6.37. The van der Waals surface area contributed by atoms with Crippen molar-refractivity contribution in [3.63, 3.8) is 0 Å². The molecular formula is C19H22N4O2. The fraction of sp³-hybridized carbons (Fsp3) is 0.526. The number of pyridine rings is 1. The molecule has 130 valence electrons. The normalized spacial score (nSPS) is 17.8. The fourth-order valence-corrected chi connectivity index (χ4v) is 4.19. The van der Waals surface area contributed by atoms with Crippen LogP contribution in [0.2, 0.25) is 0 Å². The van der Waals surface area contributed by atoms with Crippen LogP contribution in [0.3, 0.4) is 0 Å². The van der Waals surface area contributed by atoms with Gasteiger partial charge >= 0.3 is 0 Å². The highest BCUT2D eigenvalue weighted by molar-refractivity contribution is 6.06. The Bertz CT molecular complexity index is 957. The molecule has 6 heteroatoms. The van der Waals surface area contributed by atoms with Crippen LogP contribution in [0.15, 0.2) is 10.7 Å². The number of anilines is 1. The van der Waals surface area contributed by atoms with Crippen molar-refractivity contribution in [2.24, 2.45) is 0 Å². The van der Waals surface area contributed by atoms with E-state index in [1.165, 1.54) is 23.2 Å². The lowest BCUT2D eigenvalue weighted by molar-refractivity contribution is 0.122. The number of ether oxygens (including phenoxy) is 1. The quantitative estimate of drug-likeness (QED) is 0.715. The minimum Gasteiger partial charge on any atom is -0.432 e. The zero-order valence-electron chi connectivity index (χ0n) is 14.7. The molecule has 2 aliphatic rings. The number of aryl methyl sites for hydroxylation is 1. The Labute approximate surface area is 146 Å². The number of hydrogen-bond donors (Lipinski definition) is 0. The molecule has 0 N–H and O–H groups in total. The maximum atomic E-state index is 6.23. The SMILES string of the molecule is CC(C)c1nc2oc3c(N4CCOCC4)ncnc3c2c2c1CCC2. The Hall–Kier alpha value is -2.21. The molecule has 0 saturated carbocycles. The summed E-state index contributed by atoms with van der Waals surface area (Å²) in [4.78, 5) is 16.2. The van der Waals surface area contributed by atoms with E-state index in [-0.39, 0.29) is 0 Å². The maximum Gasteiger partial charge on any atom is 0.229 e. The zero-order valence-corrected chi connectivity index (χ0v) is 14.7. The van der Waals surface area contributed by atoms with Crippen LogP contribution in [-0.4, -0.2) is 41.3 Å². The number of fused-ring (bicyclic) bond motifs is 5. The molecule has 0 atom stereocenters. The van der Waals surface area contributed by atoms with Gasteiger partial charge in [-0.1, -0.05) is 13.8 Å². The molecule has 0 radical (unpaired) electrons. The summed E-state index contributed by atoms with van der Waals surface area (Å²) in [7, 11) is 0. The third kappa shape index (κ3) is 2.24. The average Bonchev–Trinajstić information content (AvgIpc) is 3.25. The number of hydrogen-bond acceptors (Lipinski definition) is 6. The third-order valence-electron chi connectivity index (χ3n) is 5.34. The van der Waals surface area contributed by atoms with Gasteiger partial charge in [-0.05, 0) is 36.3 Å². The van der Waals surface area contributed by atoms with Gasteiger partial charge in [0.15, 0.2) is 11.4 Å². The first-order valence-corrected chi connectivity index (χ1v) is 9.15. The molecule has 5 rings (SSSR count). The van der Waals surface area contributed by atoms with Gasteiger partial charge in [-0.25, -0.2) is 15.0 Å². The van der Waals surface area contributed by atoms with Crippen molar-refractivity contribution < 1.29 is 9.15 Å². The molecule has 1 saturated heterocycles. The van der Waals surface area contributed by atoms with E-state index in [1.807, 2.05) is 0 Å². The molecule has 0 aromatic carbocycles. The van der Waals surface area contributed by atoms with Gasteiger partial charge in [0.25, 0.3) is 0 Å². The maximum absolute atomic E-state index is 6.23. The largest absolute Gasteiger partial charge is 0.432 e. The second-order valence-corrected chi connectivity index (χ2v) is 7.22. The van der Waals surface area contributed by atoms with Gasteiger partial charge in [-0.2, -0.15) is 0 Å². The molecule has 0 amide bonds. The fourth-order valence-electron chi connectivity index (χ4n) is 4.19. The number of morpholine rings is 1. The van der Waals surface area contributed by atoms with Gasteiger partial charge in [0.1, 0.15) is 11.8 Å². The zero-order chi connectivity index (χ0) is 17.0. The summed E-state index contributed by atoms with van der Waals surface area (Å²) >= 11 is 0. The van der Waals surface area contributed by atoms with E-state index >= 15 is 0 Å². The van der Waals surface area contributed by atoms with Crippen LogP contribution in [-0.2, 0) is 17.6 Å². The molecule has 1 aliphatic heterocycles. The topological polar surface area (TPSA) is 64.3 Å². The molecule has 0 unspecified atom stereocenters. The Kier molecular flexibility index (Phi) is 3.41. The lowest BCUT2D eigenvalue weighted by Gasteiger charge is -2.27. The minimum atomic E-state index is 0.397. The van der Waals surface area contributed by atoms with Gasteiger partial charge in [0.05, 0.1) is 24.3 Å². The molecule has 1 fully saturated rings. The van der Waals surface area contributed by atoms with Crippen molar-refractivity contribution in [2.45, 2.75) is 39.0 Å². The monoisotopic (exact) mass is 338 g/mol. The van der Waals surface area contributed by atoms with Crippen molar-refractivity contribution in [1.29, 1.82) is 0 Å². The summed E-state index contributed by atoms with van der Waals surface area (Å²) in [6.45, 7) is 7.49. The smallest absolute Gasteiger partial charge is 0.229 e. The highest BCUT2D eigenvalue weighted by Crippen LogP contribution is 2.40. The molecule has 6 nitrogen and oxygen atoms in total. The number of rotatable bonds is 2. The molecule has 0 spiro atoms. The minimum absolute atomic E-state index is 0.397. The second-order valence-electron chi connectivity index (χ2n) is 7.22. The Morgan fingerprint density at radius 2 is 1.88 bits per heavy atom. The van der Waals surface area contributed by atoms with E-state index in [0.29, 0.717) is 11.6 Å². The summed E-state index contributed by atoms with van der Waals surface area (Å²) < 4.78 is 11.7. The van der Waals surface area contributed by atoms with E-state index in [0.717, 1.165) is 61.4 Å². The third-order valence-corrected chi connectivity index (χ3v) is 5.34. The number of nitrogens with zero attached hydrogens (tertiary/aromatic N) is 4. The summed E-state index contributed by atoms with van der Waals surface area (Å²) in [5, 5.41) is 1.10. The lowest BCUT2D eigenvalue weighted by atomic mass is 9.99. The summed E-state index contributed by atoms with van der Waals surface area (Å²) in [6.07, 6.45) is 5.03. The van der Waals surface area contributed by atoms with Crippen LogP contribution in [0.25, 0.3) is 22.2 Å². The number of furan rings is 1. The Morgan fingerprint density at radius 1 is 1.08 bits per heavy atom. The van der Waals surface area contributed by atoms with Crippen LogP contribution in [0.4, 0.5) is 5.82 Å². The van der Waals surface area contributed by atoms with Gasteiger partial charge in [0.2, 0.25) is 5.71 Å². The van der Waals surface area contributed by atoms with Crippen molar-refractivity contribution in [3.05, 3.63) is 23.1 Å². The Balaban J connectivity index is 1.79. The molecular weight excluding hydrogens is 316 g/mol. The van der Waals surface area contributed by atoms with Crippen molar-refractivity contribution in [1.82, 2.24) is 15.0 Å². The number of aromatic nitrogens is 3. The average molecular weight is 338 g/mol. The van der Waals surface area contributed by atoms with Crippen LogP contribution in [0.5, 0.6) is 0 Å². The predicted octanol–water partition coefficient (Wildman–Crippen LogP) is 3.22. The van der Waals surface area contributed by atoms with Gasteiger partial charge < -0.3 is 14.1 Å². The van der Waals surface area contributed by atoms with E-state index in [2.05, 4.69) is 28.7 Å². The molecule has 1 aliphatic carbocycles. The highest BCUT2D eigenvalue weighted by atomic mass is 16.5. The van der Waals surface area contributed by atoms with Crippen LogP contribution in [0.1, 0.15) is 43.0 Å². The standard InChI is InChI=1S/C19H22N4O2/c1-11(2)15-13-5-3-4-12(13)14-16-17(25-19(14)22-15)18(21-10-20-16)23-6-8-24-9-7-23/h10-11H,3-9H2,1-2H3. The van der Waals surface area contributed by atoms with Gasteiger partial charge in [0, 0.05) is 13.1 Å². The molecule has 3 aromatic heterocycles. The Morgan fingerprint density at radius 3 is 2.68 bits per heavy atom. The van der Waals surface area contributed by atoms with E-state index in [4.69, 9.17) is 14.1 Å². The second kappa shape index (κ2) is 5.66. The first-order valence-electron chi connectivity index (χ1n) is 9.15. The van der Waals surface area contributed by atoms with Crippen LogP contribution < -0.4 is 4.90 Å². The summed E-state index contributed by atoms with van der Waals surface area (Å²) in [6, 6.07) is 0. The summed E-state index contributed by atoms with van der Waals surface area (Å²) in [5.74, 6) is 1.26. The van der Waals surface area contributed by atoms with Gasteiger partial charge in [-0.15, -0.1) is 0 Å². The van der Waals surface area contributed by atoms with E-state index in [1.54, 1.807) is 6.33 Å². The first-order chi connectivity index (χ1) is 12.2. The van der Waals surface area contributed by atoms with Crippen LogP contribution in [0, 0.1) is 0 Å². The van der Waals surface area contributed by atoms with Crippen LogP contribution >= 0.6 is 0 Å². The molecule has 0 bridgehead atoms. The van der Waals surface area contributed by atoms with Gasteiger partial charge in [-0.3, -0.25) is 0 Å². The molecule has 4 heterocycles. The highest BCUT2D eigenvalue weighted by Gasteiger charge is 2.27. The van der Waals surface area contributed by atoms with Crippen molar-refractivity contribution in [2.75, 3.05) is 31.2 Å². The van der Waals surface area contributed by atoms with E-state index < -0.39 is 0 Å². The molecule has 3 aromatic rings. The van der Waals surface area contributed by atoms with Crippen molar-refractivity contribution in [3.8, 4) is 0 Å². The predicted molar refractivity (Wildman–Crippen MR) is 96.3 cm³/mol.